The highest BCUT2D eigenvalue weighted by atomic mass is 16.1. The largest absolute Gasteiger partial charge is 0.356 e. The van der Waals surface area contributed by atoms with Crippen LogP contribution in [0.15, 0.2) is 29.3 Å². The van der Waals surface area contributed by atoms with Gasteiger partial charge in [-0.2, -0.15) is 0 Å². The lowest BCUT2D eigenvalue weighted by Crippen LogP contribution is -2.41. The number of aryl methyl sites for hydroxylation is 1. The van der Waals surface area contributed by atoms with E-state index in [-0.39, 0.29) is 5.91 Å². The molecule has 0 radical (unpaired) electrons. The van der Waals surface area contributed by atoms with Gasteiger partial charge in [0.2, 0.25) is 5.91 Å². The Kier molecular flexibility index (Phi) is 7.59. The highest BCUT2D eigenvalue weighted by molar-refractivity contribution is 5.81. The number of nitrogens with one attached hydrogen (secondary N) is 3. The van der Waals surface area contributed by atoms with Crippen LogP contribution in [0.1, 0.15) is 49.7 Å². The second kappa shape index (κ2) is 9.96. The van der Waals surface area contributed by atoms with E-state index in [9.17, 15) is 4.79 Å². The summed E-state index contributed by atoms with van der Waals surface area (Å²) in [5, 5.41) is 9.61. The minimum atomic E-state index is 0.128. The predicted octanol–water partition coefficient (Wildman–Crippen LogP) is 2.50. The molecule has 0 bridgehead atoms. The highest BCUT2D eigenvalue weighted by Crippen LogP contribution is 2.17. The van der Waals surface area contributed by atoms with Crippen LogP contribution in [0.5, 0.6) is 0 Å². The molecule has 5 heteroatoms. The Balaban J connectivity index is 1.65. The number of nitrogens with zero attached hydrogens (tertiary/aromatic N) is 1. The lowest BCUT2D eigenvalue weighted by Gasteiger charge is -2.22. The van der Waals surface area contributed by atoms with Gasteiger partial charge in [-0.1, -0.05) is 49.1 Å². The summed E-state index contributed by atoms with van der Waals surface area (Å²) in [6, 6.07) is 8.76. The van der Waals surface area contributed by atoms with Crippen molar-refractivity contribution in [3.8, 4) is 0 Å². The maximum Gasteiger partial charge on any atom is 0.221 e. The molecule has 1 saturated carbocycles. The van der Waals surface area contributed by atoms with Gasteiger partial charge in [0.25, 0.3) is 0 Å². The molecule has 1 aliphatic carbocycles. The normalized spacial score (nSPS) is 15.8. The number of hydrogen-bond donors (Lipinski definition) is 3. The van der Waals surface area contributed by atoms with Crippen LogP contribution in [0.4, 0.5) is 0 Å². The van der Waals surface area contributed by atoms with Gasteiger partial charge >= 0.3 is 0 Å². The first-order chi connectivity index (χ1) is 11.7. The third-order valence-corrected chi connectivity index (χ3v) is 4.38. The molecule has 0 heterocycles. The summed E-state index contributed by atoms with van der Waals surface area (Å²) in [6.07, 6.45) is 6.49. The zero-order chi connectivity index (χ0) is 17.2. The molecule has 5 nitrogen and oxygen atoms in total. The molecule has 1 aromatic rings. The minimum absolute atomic E-state index is 0.128. The van der Waals surface area contributed by atoms with Crippen LogP contribution in [0, 0.1) is 6.92 Å². The van der Waals surface area contributed by atoms with E-state index in [1.807, 2.05) is 0 Å². The summed E-state index contributed by atoms with van der Waals surface area (Å²) in [4.78, 5) is 16.2. The van der Waals surface area contributed by atoms with E-state index in [1.165, 1.54) is 30.4 Å². The summed E-state index contributed by atoms with van der Waals surface area (Å²) < 4.78 is 0. The van der Waals surface area contributed by atoms with E-state index in [0.29, 0.717) is 19.0 Å². The molecule has 3 N–H and O–H groups in total. The van der Waals surface area contributed by atoms with E-state index < -0.39 is 0 Å². The Labute approximate surface area is 145 Å². The zero-order valence-corrected chi connectivity index (χ0v) is 14.9. The van der Waals surface area contributed by atoms with Gasteiger partial charge in [0, 0.05) is 32.6 Å². The zero-order valence-electron chi connectivity index (χ0n) is 14.9. The summed E-state index contributed by atoms with van der Waals surface area (Å²) in [7, 11) is 1.74. The molecular formula is C19H30N4O. The van der Waals surface area contributed by atoms with E-state index in [1.54, 1.807) is 7.05 Å². The third kappa shape index (κ3) is 6.60. The predicted molar refractivity (Wildman–Crippen MR) is 99.0 cm³/mol. The van der Waals surface area contributed by atoms with Crippen molar-refractivity contribution in [2.75, 3.05) is 13.6 Å². The average molecular weight is 330 g/mol. The van der Waals surface area contributed by atoms with Crippen molar-refractivity contribution in [2.24, 2.45) is 4.99 Å². The molecule has 1 aromatic carbocycles. The van der Waals surface area contributed by atoms with Crippen LogP contribution in [0.3, 0.4) is 0 Å². The van der Waals surface area contributed by atoms with Crippen molar-refractivity contribution in [1.82, 2.24) is 16.0 Å². The van der Waals surface area contributed by atoms with Gasteiger partial charge in [-0.3, -0.25) is 9.79 Å². The number of rotatable bonds is 6. The van der Waals surface area contributed by atoms with Crippen molar-refractivity contribution < 1.29 is 4.79 Å². The lowest BCUT2D eigenvalue weighted by molar-refractivity contribution is -0.121. The molecule has 132 valence electrons. The minimum Gasteiger partial charge on any atom is -0.356 e. The molecular weight excluding hydrogens is 300 g/mol. The Morgan fingerprint density at radius 1 is 1.21 bits per heavy atom. The Morgan fingerprint density at radius 2 is 2.00 bits per heavy atom. The highest BCUT2D eigenvalue weighted by Gasteiger charge is 2.15. The summed E-state index contributed by atoms with van der Waals surface area (Å²) in [6.45, 7) is 3.39. The molecule has 0 atom stereocenters. The molecule has 0 spiro atoms. The molecule has 24 heavy (non-hydrogen) atoms. The molecule has 0 saturated heterocycles. The Morgan fingerprint density at radius 3 is 2.71 bits per heavy atom. The second-order valence-electron chi connectivity index (χ2n) is 6.49. The van der Waals surface area contributed by atoms with Crippen molar-refractivity contribution in [3.63, 3.8) is 0 Å². The van der Waals surface area contributed by atoms with Crippen LogP contribution in [0.25, 0.3) is 0 Å². The topological polar surface area (TPSA) is 65.5 Å². The van der Waals surface area contributed by atoms with E-state index in [0.717, 1.165) is 25.3 Å². The average Bonchev–Trinajstić information content (AvgIpc) is 2.59. The second-order valence-corrected chi connectivity index (χ2v) is 6.49. The summed E-state index contributed by atoms with van der Waals surface area (Å²) in [5.74, 6) is 0.852. The molecule has 0 aliphatic heterocycles. The van der Waals surface area contributed by atoms with Crippen molar-refractivity contribution in [1.29, 1.82) is 0 Å². The Hall–Kier alpha value is -2.04. The smallest absolute Gasteiger partial charge is 0.221 e. The fourth-order valence-corrected chi connectivity index (χ4v) is 3.07. The number of carbonyl (C=O) groups is 1. The number of aliphatic imine (C=N–C) groups is 1. The number of amides is 1. The maximum absolute atomic E-state index is 12.0. The monoisotopic (exact) mass is 330 g/mol. The quantitative estimate of drug-likeness (QED) is 0.555. The van der Waals surface area contributed by atoms with Crippen molar-refractivity contribution >= 4 is 11.9 Å². The Bertz CT molecular complexity index is 550. The van der Waals surface area contributed by atoms with E-state index in [2.05, 4.69) is 52.1 Å². The van der Waals surface area contributed by atoms with Crippen molar-refractivity contribution in [3.05, 3.63) is 35.4 Å². The van der Waals surface area contributed by atoms with Crippen LogP contribution in [-0.2, 0) is 11.3 Å². The van der Waals surface area contributed by atoms with Gasteiger partial charge in [0.05, 0.1) is 0 Å². The van der Waals surface area contributed by atoms with E-state index >= 15 is 0 Å². The third-order valence-electron chi connectivity index (χ3n) is 4.38. The van der Waals surface area contributed by atoms with Crippen LogP contribution >= 0.6 is 0 Å². The number of benzene rings is 1. The number of carbonyl (C=O) groups excluding carboxylic acids is 1. The van der Waals surface area contributed by atoms with E-state index in [4.69, 9.17) is 0 Å². The SMILES string of the molecule is CN=C(NCCC(=O)NC1CCCCC1)NCc1cccc(C)c1. The van der Waals surface area contributed by atoms with Gasteiger partial charge in [-0.05, 0) is 25.3 Å². The molecule has 2 rings (SSSR count). The van der Waals surface area contributed by atoms with Gasteiger partial charge in [0.15, 0.2) is 5.96 Å². The van der Waals surface area contributed by atoms with Crippen molar-refractivity contribution in [2.45, 2.75) is 58.0 Å². The summed E-state index contributed by atoms with van der Waals surface area (Å²) in [5.41, 5.74) is 2.46. The molecule has 0 aromatic heterocycles. The molecule has 0 unspecified atom stereocenters. The fourth-order valence-electron chi connectivity index (χ4n) is 3.07. The molecule has 1 amide bonds. The first-order valence-corrected chi connectivity index (χ1v) is 8.97. The van der Waals surface area contributed by atoms with Gasteiger partial charge in [-0.25, -0.2) is 0 Å². The van der Waals surface area contributed by atoms with Crippen LogP contribution in [-0.4, -0.2) is 31.5 Å². The first kappa shape index (κ1) is 18.3. The maximum atomic E-state index is 12.0. The summed E-state index contributed by atoms with van der Waals surface area (Å²) >= 11 is 0. The fraction of sp³-hybridized carbons (Fsp3) is 0.579. The standard InChI is InChI=1S/C19H30N4O/c1-15-7-6-8-16(13-15)14-22-19(20-2)21-12-11-18(24)23-17-9-4-3-5-10-17/h6-8,13,17H,3-5,9-12,14H2,1-2H3,(H,23,24)(H2,20,21,22). The molecule has 1 fully saturated rings. The first-order valence-electron chi connectivity index (χ1n) is 8.97. The van der Waals surface area contributed by atoms with Gasteiger partial charge < -0.3 is 16.0 Å². The van der Waals surface area contributed by atoms with Gasteiger partial charge in [0.1, 0.15) is 0 Å². The van der Waals surface area contributed by atoms with Crippen LogP contribution in [0.2, 0.25) is 0 Å². The molecule has 1 aliphatic rings. The van der Waals surface area contributed by atoms with Gasteiger partial charge in [-0.15, -0.1) is 0 Å². The van der Waals surface area contributed by atoms with Crippen LogP contribution < -0.4 is 16.0 Å². The lowest BCUT2D eigenvalue weighted by atomic mass is 9.95. The number of guanidine groups is 1. The number of hydrogen-bond acceptors (Lipinski definition) is 2.